The van der Waals surface area contributed by atoms with Gasteiger partial charge in [-0.1, -0.05) is 12.8 Å². The summed E-state index contributed by atoms with van der Waals surface area (Å²) in [6.07, 6.45) is 7.98. The van der Waals surface area contributed by atoms with E-state index in [9.17, 15) is 4.79 Å². The molecular weight excluding hydrogens is 453 g/mol. The Morgan fingerprint density at radius 3 is 2.37 bits per heavy atom. The number of hydrogen-bond donors (Lipinski definition) is 2. The van der Waals surface area contributed by atoms with Gasteiger partial charge in [-0.25, -0.2) is 0 Å². The predicted octanol–water partition coefficient (Wildman–Crippen LogP) is 2.54. The third-order valence-corrected chi connectivity index (χ3v) is 5.99. The zero-order valence-corrected chi connectivity index (χ0v) is 20.1. The standard InChI is InChI=1S/C20H39N5O.HI/c1-5-21-19(22-13-8-17-9-14-25(4)15-10-17)23-16-20(11-6-7-12-20)18(26)24(2)3;/h17H,5-16H2,1-4H3,(H2,21,22,23);1H. The number of amides is 1. The van der Waals surface area contributed by atoms with Crippen LogP contribution in [-0.4, -0.2) is 75.5 Å². The van der Waals surface area contributed by atoms with Crippen molar-refractivity contribution in [2.45, 2.75) is 51.9 Å². The van der Waals surface area contributed by atoms with E-state index in [1.54, 1.807) is 4.90 Å². The van der Waals surface area contributed by atoms with Crippen LogP contribution in [0, 0.1) is 11.3 Å². The van der Waals surface area contributed by atoms with Crippen LogP contribution in [0.2, 0.25) is 0 Å². The number of nitrogens with one attached hydrogen (secondary N) is 2. The lowest BCUT2D eigenvalue weighted by Gasteiger charge is -2.30. The summed E-state index contributed by atoms with van der Waals surface area (Å²) in [7, 11) is 5.92. The van der Waals surface area contributed by atoms with Crippen molar-refractivity contribution in [3.05, 3.63) is 0 Å². The summed E-state index contributed by atoms with van der Waals surface area (Å²) in [5, 5.41) is 6.83. The van der Waals surface area contributed by atoms with Crippen molar-refractivity contribution in [3.8, 4) is 0 Å². The highest BCUT2D eigenvalue weighted by Crippen LogP contribution is 2.39. The quantitative estimate of drug-likeness (QED) is 0.325. The lowest BCUT2D eigenvalue weighted by Crippen LogP contribution is -2.43. The van der Waals surface area contributed by atoms with E-state index in [2.05, 4.69) is 29.5 Å². The summed E-state index contributed by atoms with van der Waals surface area (Å²) in [6, 6.07) is 0. The van der Waals surface area contributed by atoms with Crippen LogP contribution in [0.1, 0.15) is 51.9 Å². The number of piperidine rings is 1. The van der Waals surface area contributed by atoms with Gasteiger partial charge >= 0.3 is 0 Å². The maximum absolute atomic E-state index is 12.7. The molecule has 0 radical (unpaired) electrons. The van der Waals surface area contributed by atoms with E-state index in [-0.39, 0.29) is 35.3 Å². The Morgan fingerprint density at radius 2 is 1.81 bits per heavy atom. The number of aliphatic imine (C=N–C) groups is 1. The lowest BCUT2D eigenvalue weighted by atomic mass is 9.85. The molecule has 1 aliphatic heterocycles. The Balaban J connectivity index is 0.00000364. The summed E-state index contributed by atoms with van der Waals surface area (Å²) in [6.45, 7) is 6.91. The van der Waals surface area contributed by atoms with Crippen LogP contribution in [0.4, 0.5) is 0 Å². The van der Waals surface area contributed by atoms with E-state index >= 15 is 0 Å². The normalized spacial score (nSPS) is 20.8. The van der Waals surface area contributed by atoms with E-state index in [0.29, 0.717) is 6.54 Å². The zero-order chi connectivity index (χ0) is 19.0. The second-order valence-corrected chi connectivity index (χ2v) is 8.34. The van der Waals surface area contributed by atoms with Gasteiger partial charge in [0.15, 0.2) is 5.96 Å². The smallest absolute Gasteiger partial charge is 0.230 e. The Bertz CT molecular complexity index is 469. The summed E-state index contributed by atoms with van der Waals surface area (Å²) in [5.41, 5.74) is -0.292. The van der Waals surface area contributed by atoms with Gasteiger partial charge in [0.25, 0.3) is 0 Å². The largest absolute Gasteiger partial charge is 0.357 e. The fourth-order valence-corrected chi connectivity index (χ4v) is 4.28. The zero-order valence-electron chi connectivity index (χ0n) is 17.7. The highest BCUT2D eigenvalue weighted by Gasteiger charge is 2.42. The van der Waals surface area contributed by atoms with E-state index < -0.39 is 0 Å². The third-order valence-electron chi connectivity index (χ3n) is 5.99. The fourth-order valence-electron chi connectivity index (χ4n) is 4.28. The molecule has 2 N–H and O–H groups in total. The Hall–Kier alpha value is -0.570. The van der Waals surface area contributed by atoms with Gasteiger partial charge in [-0.2, -0.15) is 0 Å². The van der Waals surface area contributed by atoms with Crippen LogP contribution in [0.3, 0.4) is 0 Å². The third kappa shape index (κ3) is 7.40. The average molecular weight is 493 g/mol. The monoisotopic (exact) mass is 493 g/mol. The van der Waals surface area contributed by atoms with E-state index in [0.717, 1.165) is 50.7 Å². The van der Waals surface area contributed by atoms with Gasteiger partial charge in [0, 0.05) is 27.2 Å². The second kappa shape index (κ2) is 12.1. The Morgan fingerprint density at radius 1 is 1.19 bits per heavy atom. The molecule has 0 aromatic carbocycles. The molecule has 158 valence electrons. The van der Waals surface area contributed by atoms with Crippen molar-refractivity contribution in [2.75, 3.05) is 53.9 Å². The Kier molecular flexibility index (Phi) is 11.0. The van der Waals surface area contributed by atoms with Crippen LogP contribution in [0.15, 0.2) is 4.99 Å². The lowest BCUT2D eigenvalue weighted by molar-refractivity contribution is -0.138. The van der Waals surface area contributed by atoms with Crippen LogP contribution in [-0.2, 0) is 4.79 Å². The van der Waals surface area contributed by atoms with E-state index in [1.807, 2.05) is 14.1 Å². The molecule has 2 aliphatic rings. The molecule has 0 aromatic rings. The number of guanidine groups is 1. The number of carbonyl (C=O) groups excluding carboxylic acids is 1. The first-order valence-corrected chi connectivity index (χ1v) is 10.4. The van der Waals surface area contributed by atoms with Gasteiger partial charge < -0.3 is 20.4 Å². The molecule has 0 atom stereocenters. The SMILES string of the molecule is CCNC(=NCC1(C(=O)N(C)C)CCCC1)NCCC1CCN(C)CC1.I. The van der Waals surface area contributed by atoms with Crippen LogP contribution in [0.25, 0.3) is 0 Å². The molecule has 7 heteroatoms. The van der Waals surface area contributed by atoms with Crippen molar-refractivity contribution in [1.29, 1.82) is 0 Å². The first-order chi connectivity index (χ1) is 12.5. The summed E-state index contributed by atoms with van der Waals surface area (Å²) >= 11 is 0. The van der Waals surface area contributed by atoms with Crippen molar-refractivity contribution in [1.82, 2.24) is 20.4 Å². The first kappa shape index (κ1) is 24.5. The first-order valence-electron chi connectivity index (χ1n) is 10.4. The van der Waals surface area contributed by atoms with Gasteiger partial charge in [0.2, 0.25) is 5.91 Å². The van der Waals surface area contributed by atoms with Gasteiger partial charge in [0.1, 0.15) is 0 Å². The molecule has 1 heterocycles. The van der Waals surface area contributed by atoms with E-state index in [4.69, 9.17) is 4.99 Å². The number of halogens is 1. The molecule has 2 rings (SSSR count). The highest BCUT2D eigenvalue weighted by molar-refractivity contribution is 14.0. The van der Waals surface area contributed by atoms with Crippen molar-refractivity contribution in [3.63, 3.8) is 0 Å². The number of carbonyl (C=O) groups is 1. The maximum Gasteiger partial charge on any atom is 0.230 e. The molecule has 6 nitrogen and oxygen atoms in total. The Labute approximate surface area is 182 Å². The molecular formula is C20H40IN5O. The molecule has 0 bridgehead atoms. The highest BCUT2D eigenvalue weighted by atomic mass is 127. The minimum absolute atomic E-state index is 0. The summed E-state index contributed by atoms with van der Waals surface area (Å²) < 4.78 is 0. The minimum Gasteiger partial charge on any atom is -0.357 e. The van der Waals surface area contributed by atoms with Gasteiger partial charge in [-0.3, -0.25) is 9.79 Å². The van der Waals surface area contributed by atoms with Crippen LogP contribution >= 0.6 is 24.0 Å². The topological polar surface area (TPSA) is 60.0 Å². The average Bonchev–Trinajstić information content (AvgIpc) is 3.10. The molecule has 0 spiro atoms. The molecule has 2 fully saturated rings. The van der Waals surface area contributed by atoms with E-state index in [1.165, 1.54) is 32.4 Å². The molecule has 0 aromatic heterocycles. The second-order valence-electron chi connectivity index (χ2n) is 8.34. The van der Waals surface area contributed by atoms with Crippen molar-refractivity contribution < 1.29 is 4.79 Å². The number of rotatable bonds is 7. The molecule has 1 saturated heterocycles. The molecule has 27 heavy (non-hydrogen) atoms. The maximum atomic E-state index is 12.7. The molecule has 1 aliphatic carbocycles. The van der Waals surface area contributed by atoms with Crippen molar-refractivity contribution >= 4 is 35.8 Å². The molecule has 0 unspecified atom stereocenters. The number of hydrogen-bond acceptors (Lipinski definition) is 3. The molecule has 1 saturated carbocycles. The fraction of sp³-hybridized carbons (Fsp3) is 0.900. The summed E-state index contributed by atoms with van der Waals surface area (Å²) in [5.74, 6) is 1.91. The summed E-state index contributed by atoms with van der Waals surface area (Å²) in [4.78, 5) is 21.7. The van der Waals surface area contributed by atoms with Crippen LogP contribution < -0.4 is 10.6 Å². The van der Waals surface area contributed by atoms with Crippen molar-refractivity contribution in [2.24, 2.45) is 16.3 Å². The molecule has 1 amide bonds. The minimum atomic E-state index is -0.292. The van der Waals surface area contributed by atoms with Crippen LogP contribution in [0.5, 0.6) is 0 Å². The number of nitrogens with zero attached hydrogens (tertiary/aromatic N) is 3. The van der Waals surface area contributed by atoms with Gasteiger partial charge in [-0.15, -0.1) is 24.0 Å². The van der Waals surface area contributed by atoms with Gasteiger partial charge in [-0.05, 0) is 65.1 Å². The van der Waals surface area contributed by atoms with Gasteiger partial charge in [0.05, 0.1) is 12.0 Å². The number of likely N-dealkylation sites (tertiary alicyclic amines) is 1. The predicted molar refractivity (Wildman–Crippen MR) is 124 cm³/mol.